The fourth-order valence-electron chi connectivity index (χ4n) is 5.86. The Morgan fingerprint density at radius 2 is 0.831 bits per heavy atom. The number of carboxylic acids is 2. The summed E-state index contributed by atoms with van der Waals surface area (Å²) in [6.45, 7) is 16.3. The lowest BCUT2D eigenvalue weighted by Gasteiger charge is -2.30. The van der Waals surface area contributed by atoms with Crippen molar-refractivity contribution >= 4 is 77.7 Å². The number of hydrogen-bond acceptors (Lipinski definition) is 14. The molecule has 370 valence electrons. The van der Waals surface area contributed by atoms with Crippen LogP contribution in [-0.4, -0.2) is 153 Å². The number of hydrogen-bond donors (Lipinski definition) is 14. The molecule has 65 heavy (non-hydrogen) atoms. The summed E-state index contributed by atoms with van der Waals surface area (Å²) in [5.41, 5.74) is 5.35. The van der Waals surface area contributed by atoms with E-state index < -0.39 is 156 Å². The van der Waals surface area contributed by atoms with E-state index in [4.69, 9.17) is 5.73 Å². The van der Waals surface area contributed by atoms with Crippen molar-refractivity contribution in [1.29, 1.82) is 0 Å². The summed E-state index contributed by atoms with van der Waals surface area (Å²) in [6, 6.07) is -12.6. The molecule has 0 aromatic heterocycles. The highest BCUT2D eigenvalue weighted by Gasteiger charge is 2.37. The van der Waals surface area contributed by atoms with Crippen molar-refractivity contribution in [2.75, 3.05) is 12.3 Å². The molecule has 0 fully saturated rings. The number of aliphatic carboxylic acids is 2. The van der Waals surface area contributed by atoms with Gasteiger partial charge in [0.2, 0.25) is 53.2 Å². The van der Waals surface area contributed by atoms with Crippen LogP contribution in [0.25, 0.3) is 0 Å². The van der Waals surface area contributed by atoms with Crippen molar-refractivity contribution in [3.63, 3.8) is 0 Å². The summed E-state index contributed by atoms with van der Waals surface area (Å²) >= 11 is 4.08. The molecule has 0 aliphatic rings. The number of thiol groups is 1. The normalized spacial score (nSPS) is 15.9. The van der Waals surface area contributed by atoms with Gasteiger partial charge in [0.05, 0.1) is 19.1 Å². The van der Waals surface area contributed by atoms with Gasteiger partial charge in [-0.05, 0) is 50.9 Å². The van der Waals surface area contributed by atoms with Crippen LogP contribution in [0.15, 0.2) is 0 Å². The van der Waals surface area contributed by atoms with E-state index in [2.05, 4.69) is 60.5 Å². The zero-order valence-corrected chi connectivity index (χ0v) is 39.7. The van der Waals surface area contributed by atoms with Crippen molar-refractivity contribution in [1.82, 2.24) is 47.9 Å². The molecule has 0 aliphatic carbocycles. The number of carbonyl (C=O) groups is 11. The molecule has 25 heteroatoms. The van der Waals surface area contributed by atoms with Crippen LogP contribution in [0.3, 0.4) is 0 Å². The third-order valence-corrected chi connectivity index (χ3v) is 10.0. The SMILES string of the molecule is CC(C)C[C@H](NC(=O)CN)C(=O)N[C@@H](C)C(=O)N[C@@H](CC(=O)O)C(=O)N[C@H](C(=O)N[C@H](C(=O)N[C@H](C(=O)N[C@@H](C)C(=O)N[C@@H](CS)C(=O)N[C@H](C(=O)O)C(C)C)C(C)C)C(C)C)[C@@H](C)O. The Bertz CT molecular complexity index is 1710. The van der Waals surface area contributed by atoms with E-state index in [1.54, 1.807) is 55.4 Å². The third-order valence-electron chi connectivity index (χ3n) is 9.66. The third kappa shape index (κ3) is 20.9. The quantitative estimate of drug-likeness (QED) is 0.0335. The molecular formula is C40H70N10O14S. The van der Waals surface area contributed by atoms with Crippen LogP contribution in [0.2, 0.25) is 0 Å². The van der Waals surface area contributed by atoms with Gasteiger partial charge in [0.1, 0.15) is 54.4 Å². The van der Waals surface area contributed by atoms with Crippen LogP contribution < -0.4 is 53.6 Å². The number of amides is 9. The molecular weight excluding hydrogens is 877 g/mol. The lowest BCUT2D eigenvalue weighted by atomic mass is 9.98. The van der Waals surface area contributed by atoms with Crippen LogP contribution >= 0.6 is 12.6 Å². The molecule has 0 aromatic rings. The van der Waals surface area contributed by atoms with Gasteiger partial charge in [0.15, 0.2) is 0 Å². The molecule has 0 heterocycles. The first-order valence-corrected chi connectivity index (χ1v) is 21.8. The molecule has 0 rings (SSSR count). The van der Waals surface area contributed by atoms with E-state index in [-0.39, 0.29) is 18.1 Å². The minimum absolute atomic E-state index is 0.0596. The first kappa shape index (κ1) is 59.4. The highest BCUT2D eigenvalue weighted by Crippen LogP contribution is 2.10. The lowest BCUT2D eigenvalue weighted by molar-refractivity contribution is -0.143. The topological polar surface area (TPSA) is 383 Å². The lowest BCUT2D eigenvalue weighted by Crippen LogP contribution is -2.63. The first-order valence-electron chi connectivity index (χ1n) is 21.1. The summed E-state index contributed by atoms with van der Waals surface area (Å²) in [7, 11) is 0. The van der Waals surface area contributed by atoms with Crippen molar-refractivity contribution in [3.8, 4) is 0 Å². The van der Waals surface area contributed by atoms with Gasteiger partial charge < -0.3 is 68.9 Å². The van der Waals surface area contributed by atoms with Gasteiger partial charge in [-0.2, -0.15) is 12.6 Å². The van der Waals surface area contributed by atoms with E-state index in [9.17, 15) is 68.1 Å². The van der Waals surface area contributed by atoms with Gasteiger partial charge in [-0.3, -0.25) is 47.9 Å². The summed E-state index contributed by atoms with van der Waals surface area (Å²) in [5, 5.41) is 50.9. The number of nitrogens with two attached hydrogens (primary N) is 1. The zero-order chi connectivity index (χ0) is 50.6. The fourth-order valence-corrected chi connectivity index (χ4v) is 6.12. The van der Waals surface area contributed by atoms with E-state index in [0.717, 1.165) is 6.92 Å². The molecule has 0 unspecified atom stereocenters. The largest absolute Gasteiger partial charge is 0.481 e. The molecule has 0 spiro atoms. The maximum atomic E-state index is 13.7. The Balaban J connectivity index is 6.01. The number of nitrogens with one attached hydrogen (secondary N) is 9. The fraction of sp³-hybridized carbons (Fsp3) is 0.725. The maximum absolute atomic E-state index is 13.7. The highest BCUT2D eigenvalue weighted by molar-refractivity contribution is 7.80. The van der Waals surface area contributed by atoms with Crippen LogP contribution in [0.4, 0.5) is 0 Å². The minimum Gasteiger partial charge on any atom is -0.481 e. The van der Waals surface area contributed by atoms with Gasteiger partial charge in [0, 0.05) is 5.75 Å². The zero-order valence-electron chi connectivity index (χ0n) is 38.8. The van der Waals surface area contributed by atoms with Crippen molar-refractivity contribution < 1.29 is 68.1 Å². The summed E-state index contributed by atoms with van der Waals surface area (Å²) in [6.07, 6.45) is -2.47. The second-order valence-corrected chi connectivity index (χ2v) is 17.4. The standard InChI is InChI=1S/C40H70N10O14S/c1-16(2)12-23(44-26(52)14-41)34(57)42-20(9)32(55)45-24(13-27(53)54)35(58)50-31(22(11)51)39(62)48-29(18(5)6)38(61)47-28(17(3)4)37(60)43-21(10)33(56)46-25(15-65)36(59)49-30(19(7)8)40(63)64/h16-25,28-31,51,65H,12-15,41H2,1-11H3,(H,42,57)(H,43,60)(H,44,52)(H,45,55)(H,46,56)(H,47,61)(H,48,62)(H,49,59)(H,50,58)(H,53,54)(H,63,64)/t20-,21-,22+,23-,24-,25-,28-,29-,30-,31-/m0/s1. The predicted octanol–water partition coefficient (Wildman–Crippen LogP) is -3.77. The van der Waals surface area contributed by atoms with Crippen molar-refractivity contribution in [3.05, 3.63) is 0 Å². The molecule has 24 nitrogen and oxygen atoms in total. The first-order chi connectivity index (χ1) is 30.0. The average Bonchev–Trinajstić information content (AvgIpc) is 3.19. The second-order valence-electron chi connectivity index (χ2n) is 17.1. The molecule has 0 radical (unpaired) electrons. The number of carboxylic acid groups (broad SMARTS) is 2. The summed E-state index contributed by atoms with van der Waals surface area (Å²) in [5.74, 6) is -12.9. The van der Waals surface area contributed by atoms with Gasteiger partial charge >= 0.3 is 11.9 Å². The van der Waals surface area contributed by atoms with Crippen LogP contribution in [0, 0.1) is 23.7 Å². The Kier molecular flexibility index (Phi) is 25.9. The highest BCUT2D eigenvalue weighted by atomic mass is 32.1. The minimum atomic E-state index is -1.84. The van der Waals surface area contributed by atoms with Gasteiger partial charge in [-0.25, -0.2) is 4.79 Å². The summed E-state index contributed by atoms with van der Waals surface area (Å²) < 4.78 is 0. The van der Waals surface area contributed by atoms with E-state index >= 15 is 0 Å². The van der Waals surface area contributed by atoms with Gasteiger partial charge in [0.25, 0.3) is 0 Å². The average molecular weight is 947 g/mol. The Morgan fingerprint density at radius 1 is 0.462 bits per heavy atom. The number of aliphatic hydroxyl groups excluding tert-OH is 1. The van der Waals surface area contributed by atoms with Crippen LogP contribution in [0.1, 0.15) is 89.0 Å². The van der Waals surface area contributed by atoms with E-state index in [1.165, 1.54) is 13.8 Å². The Hall–Kier alpha value is -5.56. The van der Waals surface area contributed by atoms with Gasteiger partial charge in [-0.1, -0.05) is 55.4 Å². The Morgan fingerprint density at radius 3 is 1.22 bits per heavy atom. The van der Waals surface area contributed by atoms with E-state index in [0.29, 0.717) is 0 Å². The number of carbonyl (C=O) groups excluding carboxylic acids is 9. The van der Waals surface area contributed by atoms with Crippen molar-refractivity contribution in [2.24, 2.45) is 29.4 Å². The van der Waals surface area contributed by atoms with Crippen molar-refractivity contribution in [2.45, 2.75) is 149 Å². The second kappa shape index (κ2) is 28.4. The number of aliphatic hydroxyl groups is 1. The molecule has 0 bridgehead atoms. The van der Waals surface area contributed by atoms with E-state index in [1.807, 2.05) is 0 Å². The van der Waals surface area contributed by atoms with Gasteiger partial charge in [-0.15, -0.1) is 0 Å². The molecule has 0 aliphatic heterocycles. The van der Waals surface area contributed by atoms with Crippen LogP contribution in [-0.2, 0) is 52.7 Å². The molecule has 9 amide bonds. The molecule has 0 saturated heterocycles. The molecule has 0 aromatic carbocycles. The molecule has 0 saturated carbocycles. The predicted molar refractivity (Wildman–Crippen MR) is 237 cm³/mol. The summed E-state index contributed by atoms with van der Waals surface area (Å²) in [4.78, 5) is 141. The molecule has 14 N–H and O–H groups in total. The smallest absolute Gasteiger partial charge is 0.326 e. The monoisotopic (exact) mass is 946 g/mol. The van der Waals surface area contributed by atoms with Crippen LogP contribution in [0.5, 0.6) is 0 Å². The maximum Gasteiger partial charge on any atom is 0.326 e. The molecule has 10 atom stereocenters. The number of rotatable bonds is 28. The Labute approximate surface area is 384 Å².